The van der Waals surface area contributed by atoms with Crippen LogP contribution in [-0.2, 0) is 4.79 Å². The topological polar surface area (TPSA) is 56.8 Å². The molecule has 0 saturated carbocycles. The number of hydrogen-bond acceptors (Lipinski definition) is 5. The van der Waals surface area contributed by atoms with E-state index in [1.807, 2.05) is 49.6 Å². The Morgan fingerprint density at radius 3 is 2.38 bits per heavy atom. The standard InChI is InChI=1S/C18H21NO4S/c1-12-8-15(21-2)18(16(9-12)22-3)23-11-17(20)19-13-6-5-7-14(10-13)24-4/h5-10H,11H2,1-4H3,(H,19,20). The molecule has 2 aromatic rings. The van der Waals surface area contributed by atoms with E-state index < -0.39 is 0 Å². The zero-order valence-electron chi connectivity index (χ0n) is 14.2. The highest BCUT2D eigenvalue weighted by molar-refractivity contribution is 7.98. The Morgan fingerprint density at radius 2 is 1.79 bits per heavy atom. The summed E-state index contributed by atoms with van der Waals surface area (Å²) in [6.45, 7) is 1.79. The molecule has 0 heterocycles. The number of carbonyl (C=O) groups is 1. The molecule has 0 aromatic heterocycles. The highest BCUT2D eigenvalue weighted by Gasteiger charge is 2.15. The van der Waals surface area contributed by atoms with Crippen LogP contribution in [0.25, 0.3) is 0 Å². The molecule has 128 valence electrons. The molecule has 2 aromatic carbocycles. The van der Waals surface area contributed by atoms with Crippen molar-refractivity contribution < 1.29 is 19.0 Å². The number of hydrogen-bond donors (Lipinski definition) is 1. The Kier molecular flexibility index (Phi) is 6.37. The van der Waals surface area contributed by atoms with Gasteiger partial charge in [-0.25, -0.2) is 0 Å². The zero-order chi connectivity index (χ0) is 17.5. The molecule has 1 amide bonds. The van der Waals surface area contributed by atoms with E-state index in [0.29, 0.717) is 17.2 Å². The smallest absolute Gasteiger partial charge is 0.262 e. The third kappa shape index (κ3) is 4.58. The molecule has 6 heteroatoms. The van der Waals surface area contributed by atoms with Crippen molar-refractivity contribution in [2.45, 2.75) is 11.8 Å². The Hall–Kier alpha value is -2.34. The summed E-state index contributed by atoms with van der Waals surface area (Å²) in [5.41, 5.74) is 1.72. The van der Waals surface area contributed by atoms with Crippen LogP contribution >= 0.6 is 11.8 Å². The van der Waals surface area contributed by atoms with Crippen molar-refractivity contribution in [3.05, 3.63) is 42.0 Å². The molecule has 0 saturated heterocycles. The second kappa shape index (κ2) is 8.49. The van der Waals surface area contributed by atoms with Crippen LogP contribution in [0.1, 0.15) is 5.56 Å². The van der Waals surface area contributed by atoms with Crippen molar-refractivity contribution in [3.63, 3.8) is 0 Å². The monoisotopic (exact) mass is 347 g/mol. The van der Waals surface area contributed by atoms with E-state index in [4.69, 9.17) is 14.2 Å². The summed E-state index contributed by atoms with van der Waals surface area (Å²) >= 11 is 1.62. The molecule has 1 N–H and O–H groups in total. The predicted molar refractivity (Wildman–Crippen MR) is 96.6 cm³/mol. The van der Waals surface area contributed by atoms with Crippen molar-refractivity contribution in [1.29, 1.82) is 0 Å². The molecule has 0 radical (unpaired) electrons. The number of thioether (sulfide) groups is 1. The van der Waals surface area contributed by atoms with Crippen LogP contribution in [0.5, 0.6) is 17.2 Å². The molecular formula is C18H21NO4S. The number of ether oxygens (including phenoxy) is 3. The number of rotatable bonds is 7. The largest absolute Gasteiger partial charge is 0.493 e. The molecular weight excluding hydrogens is 326 g/mol. The molecule has 2 rings (SSSR count). The number of aryl methyl sites for hydroxylation is 1. The molecule has 0 aliphatic heterocycles. The van der Waals surface area contributed by atoms with E-state index in [0.717, 1.165) is 16.1 Å². The van der Waals surface area contributed by atoms with Crippen LogP contribution in [0.3, 0.4) is 0 Å². The van der Waals surface area contributed by atoms with Gasteiger partial charge in [0.25, 0.3) is 5.91 Å². The van der Waals surface area contributed by atoms with E-state index in [2.05, 4.69) is 5.32 Å². The quantitative estimate of drug-likeness (QED) is 0.773. The SMILES string of the molecule is COc1cc(C)cc(OC)c1OCC(=O)Nc1cccc(SC)c1. The first-order chi connectivity index (χ1) is 11.6. The van der Waals surface area contributed by atoms with Gasteiger partial charge in [0.15, 0.2) is 18.1 Å². The van der Waals surface area contributed by atoms with Gasteiger partial charge in [0.2, 0.25) is 5.75 Å². The fraction of sp³-hybridized carbons (Fsp3) is 0.278. The van der Waals surface area contributed by atoms with Gasteiger partial charge in [0, 0.05) is 10.6 Å². The Bertz CT molecular complexity index is 693. The molecule has 5 nitrogen and oxygen atoms in total. The predicted octanol–water partition coefficient (Wildman–Crippen LogP) is 3.75. The first-order valence-electron chi connectivity index (χ1n) is 7.36. The summed E-state index contributed by atoms with van der Waals surface area (Å²) in [6, 6.07) is 11.3. The zero-order valence-corrected chi connectivity index (χ0v) is 15.0. The van der Waals surface area contributed by atoms with Gasteiger partial charge in [-0.15, -0.1) is 11.8 Å². The lowest BCUT2D eigenvalue weighted by Gasteiger charge is -2.15. The second-order valence-corrected chi connectivity index (χ2v) is 5.95. The Morgan fingerprint density at radius 1 is 1.12 bits per heavy atom. The fourth-order valence-corrected chi connectivity index (χ4v) is 2.65. The lowest BCUT2D eigenvalue weighted by molar-refractivity contribution is -0.118. The van der Waals surface area contributed by atoms with Gasteiger partial charge in [-0.05, 0) is 49.1 Å². The Balaban J connectivity index is 2.06. The maximum Gasteiger partial charge on any atom is 0.262 e. The van der Waals surface area contributed by atoms with Crippen molar-refractivity contribution in [1.82, 2.24) is 0 Å². The fourth-order valence-electron chi connectivity index (χ4n) is 2.19. The number of carbonyl (C=O) groups excluding carboxylic acids is 1. The van der Waals surface area contributed by atoms with Crippen molar-refractivity contribution >= 4 is 23.4 Å². The maximum absolute atomic E-state index is 12.1. The molecule has 0 spiro atoms. The first-order valence-corrected chi connectivity index (χ1v) is 8.59. The van der Waals surface area contributed by atoms with Crippen molar-refractivity contribution in [2.75, 3.05) is 32.4 Å². The molecule has 24 heavy (non-hydrogen) atoms. The minimum atomic E-state index is -0.252. The molecule has 0 aliphatic rings. The minimum absolute atomic E-state index is 0.140. The van der Waals surface area contributed by atoms with E-state index in [9.17, 15) is 4.79 Å². The summed E-state index contributed by atoms with van der Waals surface area (Å²) < 4.78 is 16.2. The second-order valence-electron chi connectivity index (χ2n) is 5.07. The average molecular weight is 347 g/mol. The number of nitrogens with one attached hydrogen (secondary N) is 1. The summed E-state index contributed by atoms with van der Waals surface area (Å²) in [5, 5.41) is 2.81. The molecule has 0 unspecified atom stereocenters. The number of anilines is 1. The van der Waals surface area contributed by atoms with Crippen LogP contribution in [0.4, 0.5) is 5.69 Å². The lowest BCUT2D eigenvalue weighted by Crippen LogP contribution is -2.20. The van der Waals surface area contributed by atoms with Crippen LogP contribution in [0.2, 0.25) is 0 Å². The van der Waals surface area contributed by atoms with Gasteiger partial charge in [-0.3, -0.25) is 4.79 Å². The minimum Gasteiger partial charge on any atom is -0.493 e. The summed E-state index contributed by atoms with van der Waals surface area (Å²) in [6.07, 6.45) is 1.99. The van der Waals surface area contributed by atoms with Gasteiger partial charge in [-0.2, -0.15) is 0 Å². The highest BCUT2D eigenvalue weighted by Crippen LogP contribution is 2.38. The molecule has 0 atom stereocenters. The summed E-state index contributed by atoms with van der Waals surface area (Å²) in [5.74, 6) is 1.23. The van der Waals surface area contributed by atoms with Gasteiger partial charge < -0.3 is 19.5 Å². The number of amides is 1. The lowest BCUT2D eigenvalue weighted by atomic mass is 10.2. The number of benzene rings is 2. The highest BCUT2D eigenvalue weighted by atomic mass is 32.2. The van der Waals surface area contributed by atoms with Gasteiger partial charge in [0.1, 0.15) is 0 Å². The normalized spacial score (nSPS) is 10.2. The van der Waals surface area contributed by atoms with Gasteiger partial charge >= 0.3 is 0 Å². The van der Waals surface area contributed by atoms with Crippen LogP contribution in [0.15, 0.2) is 41.3 Å². The molecule has 0 fully saturated rings. The van der Waals surface area contributed by atoms with E-state index in [1.54, 1.807) is 26.0 Å². The van der Waals surface area contributed by atoms with Gasteiger partial charge in [-0.1, -0.05) is 6.07 Å². The maximum atomic E-state index is 12.1. The van der Waals surface area contributed by atoms with Crippen molar-refractivity contribution in [2.24, 2.45) is 0 Å². The van der Waals surface area contributed by atoms with Crippen LogP contribution < -0.4 is 19.5 Å². The van der Waals surface area contributed by atoms with E-state index >= 15 is 0 Å². The van der Waals surface area contributed by atoms with Gasteiger partial charge in [0.05, 0.1) is 14.2 Å². The Labute approximate surface area is 146 Å². The summed E-state index contributed by atoms with van der Waals surface area (Å²) in [7, 11) is 3.10. The first kappa shape index (κ1) is 18.0. The third-order valence-corrected chi connectivity index (χ3v) is 4.03. The molecule has 0 aliphatic carbocycles. The third-order valence-electron chi connectivity index (χ3n) is 3.31. The van der Waals surface area contributed by atoms with Crippen LogP contribution in [0, 0.1) is 6.92 Å². The van der Waals surface area contributed by atoms with Crippen molar-refractivity contribution in [3.8, 4) is 17.2 Å². The number of methoxy groups -OCH3 is 2. The van der Waals surface area contributed by atoms with Crippen LogP contribution in [-0.4, -0.2) is 33.0 Å². The van der Waals surface area contributed by atoms with E-state index in [1.165, 1.54) is 0 Å². The average Bonchev–Trinajstić information content (AvgIpc) is 2.59. The van der Waals surface area contributed by atoms with E-state index in [-0.39, 0.29) is 12.5 Å². The molecule has 0 bridgehead atoms. The summed E-state index contributed by atoms with van der Waals surface area (Å²) in [4.78, 5) is 13.2.